The molecule has 3 fully saturated rings. The van der Waals surface area contributed by atoms with Gasteiger partial charge < -0.3 is 9.72 Å². The van der Waals surface area contributed by atoms with Gasteiger partial charge in [-0.1, -0.05) is 0 Å². The van der Waals surface area contributed by atoms with Crippen molar-refractivity contribution in [1.29, 1.82) is 0 Å². The number of nitrogens with zero attached hydrogens (tertiary/aromatic N) is 9. The summed E-state index contributed by atoms with van der Waals surface area (Å²) in [5.74, 6) is 1.07. The summed E-state index contributed by atoms with van der Waals surface area (Å²) in [4.78, 5) is 58.9. The van der Waals surface area contributed by atoms with Crippen LogP contribution in [0.5, 0.6) is 0 Å². The van der Waals surface area contributed by atoms with E-state index >= 15 is 0 Å². The third kappa shape index (κ3) is 4.47. The Hall–Kier alpha value is -5.20. The van der Waals surface area contributed by atoms with Crippen molar-refractivity contribution in [2.75, 3.05) is 23.8 Å². The molecular formula is C30H28N10O3. The minimum atomic E-state index is -0.353. The first-order valence-corrected chi connectivity index (χ1v) is 14.3. The average Bonchev–Trinajstić information content (AvgIpc) is 3.90. The molecule has 6 heterocycles. The molecule has 0 aromatic carbocycles. The summed E-state index contributed by atoms with van der Waals surface area (Å²) in [6.07, 6.45) is 12.1. The lowest BCUT2D eigenvalue weighted by atomic mass is 10.1. The number of hydrogen-bond donors (Lipinski definition) is 1. The summed E-state index contributed by atoms with van der Waals surface area (Å²) >= 11 is 0. The van der Waals surface area contributed by atoms with Crippen molar-refractivity contribution in [3.05, 3.63) is 72.0 Å². The molecule has 0 radical (unpaired) electrons. The van der Waals surface area contributed by atoms with Crippen LogP contribution in [0.1, 0.15) is 53.9 Å². The predicted octanol–water partition coefficient (Wildman–Crippen LogP) is 3.24. The van der Waals surface area contributed by atoms with Gasteiger partial charge in [0.1, 0.15) is 18.2 Å². The second-order valence-corrected chi connectivity index (χ2v) is 11.6. The van der Waals surface area contributed by atoms with Crippen LogP contribution in [0.15, 0.2) is 49.2 Å². The topological polar surface area (TPSA) is 144 Å². The summed E-state index contributed by atoms with van der Waals surface area (Å²) in [6.45, 7) is 2.27. The number of imidazole rings is 1. The lowest BCUT2D eigenvalue weighted by Crippen LogP contribution is -2.30. The molecule has 1 N–H and O–H groups in total. The van der Waals surface area contributed by atoms with Gasteiger partial charge in [0.25, 0.3) is 0 Å². The summed E-state index contributed by atoms with van der Waals surface area (Å²) in [6, 6.07) is 5.29. The molecular weight excluding hydrogens is 548 g/mol. The lowest BCUT2D eigenvalue weighted by molar-refractivity contribution is -0.124. The maximum atomic E-state index is 13.1. The van der Waals surface area contributed by atoms with Crippen LogP contribution in [0.3, 0.4) is 0 Å². The van der Waals surface area contributed by atoms with Crippen LogP contribution in [-0.4, -0.2) is 70.5 Å². The number of hydrogen-bond acceptors (Lipinski definition) is 8. The molecule has 2 aliphatic carbocycles. The number of nitrogens with one attached hydrogen (secondary N) is 1. The van der Waals surface area contributed by atoms with Gasteiger partial charge >= 0.3 is 6.03 Å². The number of amides is 4. The number of carbonyl (C=O) groups excluding carboxylic acids is 3. The lowest BCUT2D eigenvalue weighted by Gasteiger charge is -2.17. The summed E-state index contributed by atoms with van der Waals surface area (Å²) in [7, 11) is 1.50. The Balaban J connectivity index is 1.06. The van der Waals surface area contributed by atoms with Crippen LogP contribution in [0.2, 0.25) is 0 Å². The molecule has 4 amide bonds. The Morgan fingerprint density at radius 1 is 1.07 bits per heavy atom. The standard InChI is InChI=1S/C30H28N10O3/c1-16-5-7-31-26(33-16)20-10-21(20)29(42)35-27-22-14-39(36-23(22)6-8-32-27)13-19-12-38-11-18(17-3-4-17)9-24(28(38)34-19)40-15-25(41)37(2)30(40)43/h5-9,11-12,14,17,20-21H,3-4,10,13,15H2,1-2H3,(H,32,35,42)/t20-,21-/m0/s1. The monoisotopic (exact) mass is 576 g/mol. The molecule has 3 aliphatic rings. The van der Waals surface area contributed by atoms with Crippen LogP contribution in [0.25, 0.3) is 16.6 Å². The number of anilines is 2. The number of imide groups is 1. The smallest absolute Gasteiger partial charge is 0.310 e. The number of likely N-dealkylation sites (N-methyl/N-ethyl adjacent to an activating group) is 1. The van der Waals surface area contributed by atoms with Gasteiger partial charge in [0.2, 0.25) is 11.8 Å². The van der Waals surface area contributed by atoms with Gasteiger partial charge in [-0.2, -0.15) is 5.10 Å². The zero-order valence-corrected chi connectivity index (χ0v) is 23.6. The quantitative estimate of drug-likeness (QED) is 0.291. The van der Waals surface area contributed by atoms with E-state index in [0.29, 0.717) is 47.4 Å². The Kier molecular flexibility index (Phi) is 5.58. The molecule has 5 aromatic heterocycles. The number of urea groups is 1. The molecule has 5 aromatic rings. The van der Waals surface area contributed by atoms with Gasteiger partial charge in [0.15, 0.2) is 5.65 Å². The van der Waals surface area contributed by atoms with E-state index in [1.165, 1.54) is 11.9 Å². The van der Waals surface area contributed by atoms with Gasteiger partial charge in [-0.05, 0) is 55.9 Å². The van der Waals surface area contributed by atoms with Crippen LogP contribution >= 0.6 is 0 Å². The number of carbonyl (C=O) groups is 3. The van der Waals surface area contributed by atoms with E-state index in [1.54, 1.807) is 23.1 Å². The highest BCUT2D eigenvalue weighted by Crippen LogP contribution is 2.46. The van der Waals surface area contributed by atoms with Crippen molar-refractivity contribution in [2.24, 2.45) is 5.92 Å². The van der Waals surface area contributed by atoms with E-state index in [4.69, 9.17) is 10.1 Å². The molecule has 0 unspecified atom stereocenters. The summed E-state index contributed by atoms with van der Waals surface area (Å²) in [5.41, 5.74) is 4.69. The van der Waals surface area contributed by atoms with Crippen molar-refractivity contribution < 1.29 is 14.4 Å². The Bertz CT molecular complexity index is 1980. The van der Waals surface area contributed by atoms with Crippen molar-refractivity contribution in [3.63, 3.8) is 0 Å². The van der Waals surface area contributed by atoms with Crippen molar-refractivity contribution in [3.8, 4) is 0 Å². The molecule has 1 aliphatic heterocycles. The highest BCUT2D eigenvalue weighted by atomic mass is 16.2. The number of fused-ring (bicyclic) bond motifs is 2. The van der Waals surface area contributed by atoms with E-state index in [0.717, 1.165) is 40.1 Å². The highest BCUT2D eigenvalue weighted by molar-refractivity contribution is 6.13. The van der Waals surface area contributed by atoms with Gasteiger partial charge in [0, 0.05) is 55.6 Å². The van der Waals surface area contributed by atoms with Gasteiger partial charge in [-0.25, -0.2) is 24.7 Å². The maximum Gasteiger partial charge on any atom is 0.331 e. The largest absolute Gasteiger partial charge is 0.331 e. The van der Waals surface area contributed by atoms with Gasteiger partial charge in [-0.3, -0.25) is 24.1 Å². The molecule has 13 nitrogen and oxygen atoms in total. The van der Waals surface area contributed by atoms with E-state index in [1.807, 2.05) is 35.9 Å². The SMILES string of the molecule is Cc1ccnc([C@H]2C[C@@H]2C(=O)Nc2nccc3nn(Cc4cn5cc(C6CC6)cc(N6CC(=O)N(C)C6=O)c5n4)cc23)n1. The molecule has 2 saturated carbocycles. The number of rotatable bonds is 7. The van der Waals surface area contributed by atoms with Crippen LogP contribution < -0.4 is 10.2 Å². The second kappa shape index (κ2) is 9.41. The third-order valence-corrected chi connectivity index (χ3v) is 8.45. The zero-order chi connectivity index (χ0) is 29.4. The molecule has 0 spiro atoms. The van der Waals surface area contributed by atoms with Crippen LogP contribution in [-0.2, 0) is 16.1 Å². The number of aryl methyl sites for hydroxylation is 1. The summed E-state index contributed by atoms with van der Waals surface area (Å²) in [5, 5.41) is 8.42. The second-order valence-electron chi connectivity index (χ2n) is 11.6. The first kappa shape index (κ1) is 25.5. The van der Waals surface area contributed by atoms with Gasteiger partial charge in [-0.15, -0.1) is 0 Å². The average molecular weight is 577 g/mol. The molecule has 2 atom stereocenters. The van der Waals surface area contributed by atoms with E-state index in [9.17, 15) is 14.4 Å². The van der Waals surface area contributed by atoms with E-state index < -0.39 is 0 Å². The van der Waals surface area contributed by atoms with Crippen LogP contribution in [0, 0.1) is 12.8 Å². The third-order valence-electron chi connectivity index (χ3n) is 8.45. The minimum Gasteiger partial charge on any atom is -0.310 e. The first-order chi connectivity index (χ1) is 20.8. The van der Waals surface area contributed by atoms with E-state index in [-0.39, 0.29) is 36.2 Å². The highest BCUT2D eigenvalue weighted by Gasteiger charge is 2.46. The fraction of sp³-hybridized carbons (Fsp3) is 0.333. The Morgan fingerprint density at radius 3 is 2.67 bits per heavy atom. The number of pyridine rings is 2. The number of aromatic nitrogens is 7. The minimum absolute atomic E-state index is 0.00698. The zero-order valence-electron chi connectivity index (χ0n) is 23.6. The van der Waals surface area contributed by atoms with Crippen LogP contribution in [0.4, 0.5) is 16.3 Å². The van der Waals surface area contributed by atoms with Crippen molar-refractivity contribution in [1.82, 2.24) is 39.0 Å². The van der Waals surface area contributed by atoms with Crippen molar-refractivity contribution >= 4 is 45.9 Å². The predicted molar refractivity (Wildman–Crippen MR) is 156 cm³/mol. The maximum absolute atomic E-state index is 13.1. The normalized spacial score (nSPS) is 20.0. The Labute approximate surface area is 245 Å². The molecule has 1 saturated heterocycles. The molecule has 216 valence electrons. The van der Waals surface area contributed by atoms with E-state index in [2.05, 4.69) is 26.5 Å². The Morgan fingerprint density at radius 2 is 1.91 bits per heavy atom. The fourth-order valence-electron chi connectivity index (χ4n) is 5.82. The first-order valence-electron chi connectivity index (χ1n) is 14.3. The molecule has 8 rings (SSSR count). The molecule has 0 bridgehead atoms. The molecule has 43 heavy (non-hydrogen) atoms. The van der Waals surface area contributed by atoms with Crippen molar-refractivity contribution in [2.45, 2.75) is 44.6 Å². The summed E-state index contributed by atoms with van der Waals surface area (Å²) < 4.78 is 3.71. The van der Waals surface area contributed by atoms with Gasteiger partial charge in [0.05, 0.1) is 28.8 Å². The fourth-order valence-corrected chi connectivity index (χ4v) is 5.82. The molecule has 13 heteroatoms.